The summed E-state index contributed by atoms with van der Waals surface area (Å²) in [6.45, 7) is 0. The van der Waals surface area contributed by atoms with Crippen LogP contribution in [-0.2, 0) is 6.18 Å². The molecule has 0 saturated heterocycles. The average Bonchev–Trinajstić information content (AvgIpc) is 2.74. The molecule has 8 nitrogen and oxygen atoms in total. The summed E-state index contributed by atoms with van der Waals surface area (Å²) in [5.41, 5.74) is 1.00. The van der Waals surface area contributed by atoms with Crippen LogP contribution >= 0.6 is 11.6 Å². The van der Waals surface area contributed by atoms with Crippen LogP contribution in [-0.4, -0.2) is 22.0 Å². The lowest BCUT2D eigenvalue weighted by atomic mass is 10.2. The number of nitrogens with zero attached hydrogens (tertiary/aromatic N) is 3. The predicted octanol–water partition coefficient (Wildman–Crippen LogP) is 5.22. The van der Waals surface area contributed by atoms with Crippen molar-refractivity contribution in [2.75, 3.05) is 0 Å². The Labute approximate surface area is 183 Å². The van der Waals surface area contributed by atoms with E-state index in [1.165, 1.54) is 42.7 Å². The molecule has 0 bridgehead atoms. The van der Waals surface area contributed by atoms with Crippen molar-refractivity contribution in [3.05, 3.63) is 92.8 Å². The van der Waals surface area contributed by atoms with Gasteiger partial charge >= 0.3 is 11.9 Å². The standard InChI is InChI=1S/C20H12ClF3N4O4/c21-18-15(2-1-9-25-18)19(29)27-26-11-12-3-6-14(7-4-12)32-17-8-5-13(20(22,23)24)10-16(17)28(30)31/h1-11H,(H,27,29). The molecule has 1 heterocycles. The van der Waals surface area contributed by atoms with Crippen molar-refractivity contribution in [3.8, 4) is 11.5 Å². The van der Waals surface area contributed by atoms with Crippen LogP contribution in [0.4, 0.5) is 18.9 Å². The maximum atomic E-state index is 12.8. The van der Waals surface area contributed by atoms with Gasteiger partial charge in [-0.2, -0.15) is 18.3 Å². The highest BCUT2D eigenvalue weighted by Crippen LogP contribution is 2.37. The van der Waals surface area contributed by atoms with Gasteiger partial charge in [0, 0.05) is 12.3 Å². The number of alkyl halides is 3. The number of benzene rings is 2. The van der Waals surface area contributed by atoms with Crippen LogP contribution in [0.2, 0.25) is 5.15 Å². The Hall–Kier alpha value is -3.99. The van der Waals surface area contributed by atoms with Gasteiger partial charge < -0.3 is 4.74 Å². The molecule has 0 spiro atoms. The molecule has 0 aliphatic carbocycles. The lowest BCUT2D eigenvalue weighted by Crippen LogP contribution is -2.18. The molecule has 3 aromatic rings. The minimum atomic E-state index is -4.72. The van der Waals surface area contributed by atoms with Crippen molar-refractivity contribution in [2.24, 2.45) is 5.10 Å². The minimum absolute atomic E-state index is 0.0269. The number of nitro benzene ring substituents is 1. The zero-order valence-electron chi connectivity index (χ0n) is 15.8. The van der Waals surface area contributed by atoms with E-state index in [0.717, 1.165) is 6.07 Å². The molecule has 164 valence electrons. The second kappa shape index (κ2) is 9.43. The normalized spacial score (nSPS) is 11.4. The van der Waals surface area contributed by atoms with E-state index in [1.54, 1.807) is 6.07 Å². The fourth-order valence-corrected chi connectivity index (χ4v) is 2.66. The van der Waals surface area contributed by atoms with Gasteiger partial charge in [0.25, 0.3) is 5.91 Å². The first-order chi connectivity index (χ1) is 15.1. The molecule has 2 aromatic carbocycles. The van der Waals surface area contributed by atoms with Gasteiger partial charge in [0.1, 0.15) is 10.9 Å². The number of halogens is 4. The van der Waals surface area contributed by atoms with E-state index in [9.17, 15) is 28.1 Å². The predicted molar refractivity (Wildman–Crippen MR) is 109 cm³/mol. The van der Waals surface area contributed by atoms with Crippen LogP contribution in [0.15, 0.2) is 65.9 Å². The molecule has 1 aromatic heterocycles. The van der Waals surface area contributed by atoms with Crippen molar-refractivity contribution in [3.63, 3.8) is 0 Å². The van der Waals surface area contributed by atoms with Gasteiger partial charge in [-0.3, -0.25) is 14.9 Å². The van der Waals surface area contributed by atoms with E-state index in [0.29, 0.717) is 17.7 Å². The van der Waals surface area contributed by atoms with Gasteiger partial charge in [-0.05, 0) is 54.1 Å². The molecule has 0 atom stereocenters. The number of nitrogens with one attached hydrogen (secondary N) is 1. The Balaban J connectivity index is 1.68. The van der Waals surface area contributed by atoms with Crippen molar-refractivity contribution in [2.45, 2.75) is 6.18 Å². The third-order valence-corrected chi connectivity index (χ3v) is 4.28. The number of aromatic nitrogens is 1. The highest BCUT2D eigenvalue weighted by Gasteiger charge is 2.33. The Kier molecular flexibility index (Phi) is 6.69. The molecular weight excluding hydrogens is 453 g/mol. The van der Waals surface area contributed by atoms with Gasteiger partial charge in [0.05, 0.1) is 22.3 Å². The number of hydrogen-bond donors (Lipinski definition) is 1. The SMILES string of the molecule is O=C(NN=Cc1ccc(Oc2ccc(C(F)(F)F)cc2[N+](=O)[O-])cc1)c1cccnc1Cl. The summed E-state index contributed by atoms with van der Waals surface area (Å²) in [6.07, 6.45) is -1.96. The van der Waals surface area contributed by atoms with Crippen LogP contribution in [0.25, 0.3) is 0 Å². The molecule has 1 amide bonds. The Bertz CT molecular complexity index is 1180. The third-order valence-electron chi connectivity index (χ3n) is 3.97. The maximum Gasteiger partial charge on any atom is 0.416 e. The number of pyridine rings is 1. The van der Waals surface area contributed by atoms with Crippen LogP contribution < -0.4 is 10.2 Å². The molecular formula is C20H12ClF3N4O4. The number of carbonyl (C=O) groups excluding carboxylic acids is 1. The van der Waals surface area contributed by atoms with Crippen molar-refractivity contribution in [1.82, 2.24) is 10.4 Å². The Morgan fingerprint density at radius 2 is 1.91 bits per heavy atom. The van der Waals surface area contributed by atoms with Crippen LogP contribution in [0.3, 0.4) is 0 Å². The van der Waals surface area contributed by atoms with Crippen LogP contribution in [0, 0.1) is 10.1 Å². The number of hydrazone groups is 1. The van der Waals surface area contributed by atoms with E-state index >= 15 is 0 Å². The van der Waals surface area contributed by atoms with E-state index in [-0.39, 0.29) is 22.2 Å². The molecule has 0 aliphatic heterocycles. The Morgan fingerprint density at radius 1 is 1.19 bits per heavy atom. The van der Waals surface area contributed by atoms with E-state index in [1.807, 2.05) is 0 Å². The molecule has 0 unspecified atom stereocenters. The summed E-state index contributed by atoms with van der Waals surface area (Å²) >= 11 is 5.82. The fraction of sp³-hybridized carbons (Fsp3) is 0.0500. The van der Waals surface area contributed by atoms with Gasteiger partial charge in [0.15, 0.2) is 0 Å². The third kappa shape index (κ3) is 5.58. The van der Waals surface area contributed by atoms with Gasteiger partial charge in [-0.15, -0.1) is 0 Å². The van der Waals surface area contributed by atoms with Crippen LogP contribution in [0.1, 0.15) is 21.5 Å². The molecule has 0 saturated carbocycles. The zero-order valence-corrected chi connectivity index (χ0v) is 16.6. The highest BCUT2D eigenvalue weighted by atomic mass is 35.5. The first-order valence-electron chi connectivity index (χ1n) is 8.72. The highest BCUT2D eigenvalue weighted by molar-refractivity contribution is 6.32. The van der Waals surface area contributed by atoms with Gasteiger partial charge in [0.2, 0.25) is 5.75 Å². The molecule has 12 heteroatoms. The van der Waals surface area contributed by atoms with Gasteiger partial charge in [-0.25, -0.2) is 10.4 Å². The lowest BCUT2D eigenvalue weighted by molar-refractivity contribution is -0.385. The van der Waals surface area contributed by atoms with E-state index in [4.69, 9.17) is 16.3 Å². The van der Waals surface area contributed by atoms with E-state index in [2.05, 4.69) is 15.5 Å². The second-order valence-corrected chi connectivity index (χ2v) is 6.51. The summed E-state index contributed by atoms with van der Waals surface area (Å²) in [4.78, 5) is 26.0. The smallest absolute Gasteiger partial charge is 0.416 e. The Morgan fingerprint density at radius 3 is 2.53 bits per heavy atom. The number of rotatable bonds is 6. The molecule has 32 heavy (non-hydrogen) atoms. The van der Waals surface area contributed by atoms with Crippen molar-refractivity contribution >= 4 is 29.4 Å². The number of amides is 1. The van der Waals surface area contributed by atoms with Crippen molar-refractivity contribution in [1.29, 1.82) is 0 Å². The quantitative estimate of drug-likeness (QED) is 0.233. The second-order valence-electron chi connectivity index (χ2n) is 6.15. The molecule has 0 radical (unpaired) electrons. The molecule has 0 aliphatic rings. The minimum Gasteiger partial charge on any atom is -0.450 e. The zero-order chi connectivity index (χ0) is 23.3. The summed E-state index contributed by atoms with van der Waals surface area (Å²) in [5.74, 6) is -0.755. The number of hydrogen-bond acceptors (Lipinski definition) is 6. The first-order valence-corrected chi connectivity index (χ1v) is 9.10. The van der Waals surface area contributed by atoms with E-state index < -0.39 is 28.3 Å². The number of ether oxygens (including phenoxy) is 1. The lowest BCUT2D eigenvalue weighted by Gasteiger charge is -2.10. The monoisotopic (exact) mass is 464 g/mol. The topological polar surface area (TPSA) is 107 Å². The largest absolute Gasteiger partial charge is 0.450 e. The maximum absolute atomic E-state index is 12.8. The fourth-order valence-electron chi connectivity index (χ4n) is 2.45. The summed E-state index contributed by atoms with van der Waals surface area (Å²) < 4.78 is 43.7. The number of nitro groups is 1. The number of carbonyl (C=O) groups is 1. The summed E-state index contributed by atoms with van der Waals surface area (Å²) in [6, 6.07) is 10.9. The molecule has 3 rings (SSSR count). The first kappa shape index (κ1) is 22.7. The molecule has 0 fully saturated rings. The van der Waals surface area contributed by atoms with Gasteiger partial charge in [-0.1, -0.05) is 11.6 Å². The summed E-state index contributed by atoms with van der Waals surface area (Å²) in [5, 5.41) is 15.0. The van der Waals surface area contributed by atoms with Crippen LogP contribution in [0.5, 0.6) is 11.5 Å². The summed E-state index contributed by atoms with van der Waals surface area (Å²) in [7, 11) is 0. The average molecular weight is 465 g/mol. The van der Waals surface area contributed by atoms with Crippen molar-refractivity contribution < 1.29 is 27.6 Å². The molecule has 1 N–H and O–H groups in total.